The maximum atomic E-state index is 11.7. The van der Waals surface area contributed by atoms with E-state index in [1.165, 1.54) is 0 Å². The van der Waals surface area contributed by atoms with Gasteiger partial charge in [0.25, 0.3) is 0 Å². The summed E-state index contributed by atoms with van der Waals surface area (Å²) in [6.07, 6.45) is 0. The summed E-state index contributed by atoms with van der Waals surface area (Å²) >= 11 is 1.59. The molecular formula is C13H17N3OS. The number of hydrogen-bond donors (Lipinski definition) is 1. The molecule has 0 aliphatic rings. The minimum Gasteiger partial charge on any atom is -0.324 e. The molecule has 1 aromatic carbocycles. The lowest BCUT2D eigenvalue weighted by Crippen LogP contribution is -2.18. The van der Waals surface area contributed by atoms with Crippen LogP contribution in [-0.2, 0) is 4.79 Å². The van der Waals surface area contributed by atoms with Gasteiger partial charge in [-0.2, -0.15) is 17.0 Å². The third kappa shape index (κ3) is 5.21. The van der Waals surface area contributed by atoms with E-state index < -0.39 is 0 Å². The highest BCUT2D eigenvalue weighted by atomic mass is 32.2. The van der Waals surface area contributed by atoms with E-state index in [4.69, 9.17) is 5.26 Å². The lowest BCUT2D eigenvalue weighted by Gasteiger charge is -2.09. The standard InChI is InChI=1S/C13H17N3OS/c1-16(2)7-8-18-10-13(17)15-12-6-4-3-5-11(12)9-14/h3-6H,7-8,10H2,1-2H3,(H,15,17). The summed E-state index contributed by atoms with van der Waals surface area (Å²) in [6, 6.07) is 9.06. The number of amides is 1. The lowest BCUT2D eigenvalue weighted by atomic mass is 10.2. The predicted octanol–water partition coefficient (Wildman–Crippen LogP) is 1.79. The first-order chi connectivity index (χ1) is 8.63. The summed E-state index contributed by atoms with van der Waals surface area (Å²) in [5.41, 5.74) is 1.07. The van der Waals surface area contributed by atoms with Gasteiger partial charge in [0.15, 0.2) is 0 Å². The zero-order valence-corrected chi connectivity index (χ0v) is 11.5. The Bertz CT molecular complexity index is 440. The fourth-order valence-electron chi connectivity index (χ4n) is 1.29. The van der Waals surface area contributed by atoms with Gasteiger partial charge in [0.05, 0.1) is 17.0 Å². The number of carbonyl (C=O) groups is 1. The summed E-state index contributed by atoms with van der Waals surface area (Å²) in [5.74, 6) is 1.26. The minimum absolute atomic E-state index is 0.0681. The highest BCUT2D eigenvalue weighted by molar-refractivity contribution is 7.99. The molecule has 0 saturated heterocycles. The molecule has 0 unspecified atom stereocenters. The Morgan fingerprint density at radius 3 is 2.83 bits per heavy atom. The van der Waals surface area contributed by atoms with Gasteiger partial charge in [0.2, 0.25) is 5.91 Å². The van der Waals surface area contributed by atoms with Crippen LogP contribution in [0.15, 0.2) is 24.3 Å². The number of thioether (sulfide) groups is 1. The smallest absolute Gasteiger partial charge is 0.234 e. The Labute approximate surface area is 112 Å². The van der Waals surface area contributed by atoms with Crippen molar-refractivity contribution in [3.05, 3.63) is 29.8 Å². The summed E-state index contributed by atoms with van der Waals surface area (Å²) < 4.78 is 0. The van der Waals surface area contributed by atoms with Crippen LogP contribution in [0, 0.1) is 11.3 Å². The molecule has 0 aromatic heterocycles. The molecule has 0 atom stereocenters. The molecule has 1 amide bonds. The highest BCUT2D eigenvalue weighted by Crippen LogP contribution is 2.14. The van der Waals surface area contributed by atoms with Gasteiger partial charge in [0, 0.05) is 12.3 Å². The van der Waals surface area contributed by atoms with Gasteiger partial charge >= 0.3 is 0 Å². The number of nitrogens with one attached hydrogen (secondary N) is 1. The van der Waals surface area contributed by atoms with E-state index in [1.54, 1.807) is 36.0 Å². The average Bonchev–Trinajstić information content (AvgIpc) is 2.35. The monoisotopic (exact) mass is 263 g/mol. The third-order valence-electron chi connectivity index (χ3n) is 2.24. The van der Waals surface area contributed by atoms with Gasteiger partial charge in [-0.15, -0.1) is 0 Å². The summed E-state index contributed by atoms with van der Waals surface area (Å²) in [4.78, 5) is 13.7. The first-order valence-electron chi connectivity index (χ1n) is 5.65. The van der Waals surface area contributed by atoms with E-state index in [9.17, 15) is 4.79 Å². The number of rotatable bonds is 6. The normalized spacial score (nSPS) is 10.1. The molecule has 0 spiro atoms. The Morgan fingerprint density at radius 1 is 1.44 bits per heavy atom. The number of para-hydroxylation sites is 1. The van der Waals surface area contributed by atoms with Crippen LogP contribution in [0.5, 0.6) is 0 Å². The molecule has 1 rings (SSSR count). The fourth-order valence-corrected chi connectivity index (χ4v) is 2.18. The second-order valence-electron chi connectivity index (χ2n) is 4.06. The zero-order valence-electron chi connectivity index (χ0n) is 10.6. The maximum Gasteiger partial charge on any atom is 0.234 e. The van der Waals surface area contributed by atoms with Gasteiger partial charge in [-0.1, -0.05) is 12.1 Å². The Kier molecular flexibility index (Phi) is 6.26. The molecule has 1 aromatic rings. The van der Waals surface area contributed by atoms with Crippen LogP contribution in [0.4, 0.5) is 5.69 Å². The molecule has 96 valence electrons. The third-order valence-corrected chi connectivity index (χ3v) is 3.18. The summed E-state index contributed by atoms with van der Waals surface area (Å²) in [7, 11) is 4.01. The van der Waals surface area contributed by atoms with Crippen molar-refractivity contribution in [3.8, 4) is 6.07 Å². The molecule has 0 radical (unpaired) electrons. The number of hydrogen-bond acceptors (Lipinski definition) is 4. The van der Waals surface area contributed by atoms with E-state index in [-0.39, 0.29) is 5.91 Å². The molecule has 0 aliphatic heterocycles. The Balaban J connectivity index is 2.38. The maximum absolute atomic E-state index is 11.7. The fraction of sp³-hybridized carbons (Fsp3) is 0.385. The Hall–Kier alpha value is -1.51. The van der Waals surface area contributed by atoms with Crippen molar-refractivity contribution >= 4 is 23.4 Å². The van der Waals surface area contributed by atoms with E-state index in [0.717, 1.165) is 12.3 Å². The van der Waals surface area contributed by atoms with E-state index in [2.05, 4.69) is 16.3 Å². The van der Waals surface area contributed by atoms with Gasteiger partial charge in [-0.3, -0.25) is 4.79 Å². The van der Waals surface area contributed by atoms with Gasteiger partial charge in [-0.05, 0) is 26.2 Å². The predicted molar refractivity (Wildman–Crippen MR) is 75.7 cm³/mol. The number of carbonyl (C=O) groups excluding carboxylic acids is 1. The SMILES string of the molecule is CN(C)CCSCC(=O)Nc1ccccc1C#N. The molecule has 1 N–H and O–H groups in total. The quantitative estimate of drug-likeness (QED) is 0.795. The van der Waals surface area contributed by atoms with Crippen LogP contribution in [-0.4, -0.2) is 43.0 Å². The molecule has 0 aliphatic carbocycles. The molecular weight excluding hydrogens is 246 g/mol. The first-order valence-corrected chi connectivity index (χ1v) is 6.80. The first kappa shape index (κ1) is 14.6. The highest BCUT2D eigenvalue weighted by Gasteiger charge is 2.06. The molecule has 0 fully saturated rings. The zero-order chi connectivity index (χ0) is 13.4. The van der Waals surface area contributed by atoms with Gasteiger partial charge in [0.1, 0.15) is 6.07 Å². The second kappa shape index (κ2) is 7.75. The van der Waals surface area contributed by atoms with E-state index in [0.29, 0.717) is 17.0 Å². The molecule has 5 heteroatoms. The van der Waals surface area contributed by atoms with Crippen LogP contribution < -0.4 is 5.32 Å². The minimum atomic E-state index is -0.0681. The molecule has 0 bridgehead atoms. The van der Waals surface area contributed by atoms with Crippen molar-refractivity contribution in [2.45, 2.75) is 0 Å². The summed E-state index contributed by atoms with van der Waals surface area (Å²) in [5, 5.41) is 11.6. The molecule has 0 saturated carbocycles. The van der Waals surface area contributed by atoms with Gasteiger partial charge in [-0.25, -0.2) is 0 Å². The van der Waals surface area contributed by atoms with E-state index >= 15 is 0 Å². The Morgan fingerprint density at radius 2 is 2.17 bits per heavy atom. The number of nitrogens with zero attached hydrogens (tertiary/aromatic N) is 2. The van der Waals surface area contributed by atoms with Crippen LogP contribution in [0.1, 0.15) is 5.56 Å². The van der Waals surface area contributed by atoms with Crippen molar-refractivity contribution < 1.29 is 4.79 Å². The van der Waals surface area contributed by atoms with Crippen molar-refractivity contribution in [1.29, 1.82) is 5.26 Å². The van der Waals surface area contributed by atoms with Crippen molar-refractivity contribution in [2.75, 3.05) is 37.5 Å². The van der Waals surface area contributed by atoms with Crippen LogP contribution in [0.2, 0.25) is 0 Å². The van der Waals surface area contributed by atoms with Crippen LogP contribution >= 0.6 is 11.8 Å². The van der Waals surface area contributed by atoms with Crippen LogP contribution in [0.3, 0.4) is 0 Å². The topological polar surface area (TPSA) is 56.1 Å². The second-order valence-corrected chi connectivity index (χ2v) is 5.17. The van der Waals surface area contributed by atoms with Crippen LogP contribution in [0.25, 0.3) is 0 Å². The van der Waals surface area contributed by atoms with Crippen molar-refractivity contribution in [2.24, 2.45) is 0 Å². The number of anilines is 1. The molecule has 0 heterocycles. The van der Waals surface area contributed by atoms with Crippen molar-refractivity contribution in [1.82, 2.24) is 4.90 Å². The molecule has 4 nitrogen and oxygen atoms in total. The average molecular weight is 263 g/mol. The van der Waals surface area contributed by atoms with Gasteiger partial charge < -0.3 is 10.2 Å². The number of nitriles is 1. The van der Waals surface area contributed by atoms with Crippen molar-refractivity contribution in [3.63, 3.8) is 0 Å². The summed E-state index contributed by atoms with van der Waals surface area (Å²) in [6.45, 7) is 0.951. The lowest BCUT2D eigenvalue weighted by molar-refractivity contribution is -0.113. The number of benzene rings is 1. The van der Waals surface area contributed by atoms with E-state index in [1.807, 2.05) is 14.1 Å². The molecule has 18 heavy (non-hydrogen) atoms. The largest absolute Gasteiger partial charge is 0.324 e.